The van der Waals surface area contributed by atoms with Gasteiger partial charge in [0.05, 0.1) is 6.54 Å². The molecule has 0 saturated carbocycles. The fraction of sp³-hybridized carbons (Fsp3) is 0.625. The average molecular weight is 449 g/mol. The van der Waals surface area contributed by atoms with E-state index in [-0.39, 0.29) is 30.0 Å². The molecule has 0 unspecified atom stereocenters. The quantitative estimate of drug-likeness (QED) is 0.373. The summed E-state index contributed by atoms with van der Waals surface area (Å²) in [6.07, 6.45) is 1.74. The number of carbonyl (C=O) groups excluding carboxylic acids is 1. The lowest BCUT2D eigenvalue weighted by atomic mass is 10.1. The third-order valence-electron chi connectivity index (χ3n) is 4.04. The van der Waals surface area contributed by atoms with Gasteiger partial charge in [-0.15, -0.1) is 24.0 Å². The third-order valence-corrected chi connectivity index (χ3v) is 4.04. The van der Waals surface area contributed by atoms with Crippen LogP contribution in [-0.4, -0.2) is 42.6 Å². The van der Waals surface area contributed by atoms with E-state index in [4.69, 9.17) is 10.2 Å². The van der Waals surface area contributed by atoms with Gasteiger partial charge in [-0.2, -0.15) is 0 Å². The molecule has 1 aliphatic rings. The summed E-state index contributed by atoms with van der Waals surface area (Å²) in [4.78, 5) is 17.5. The number of guanidine groups is 1. The lowest BCUT2D eigenvalue weighted by Crippen LogP contribution is -2.50. The minimum absolute atomic E-state index is 0. The summed E-state index contributed by atoms with van der Waals surface area (Å²) in [5.74, 6) is 2.62. The second-order valence-corrected chi connectivity index (χ2v) is 5.88. The minimum atomic E-state index is -0.338. The number of likely N-dealkylation sites (tertiary alicyclic amines) is 1. The van der Waals surface area contributed by atoms with Crippen LogP contribution in [0.2, 0.25) is 0 Å². The molecule has 1 aromatic heterocycles. The van der Waals surface area contributed by atoms with Gasteiger partial charge in [-0.05, 0) is 39.7 Å². The fourth-order valence-electron chi connectivity index (χ4n) is 2.76. The summed E-state index contributed by atoms with van der Waals surface area (Å²) in [6.45, 7) is 8.70. The Bertz CT molecular complexity index is 565. The lowest BCUT2D eigenvalue weighted by Gasteiger charge is -2.32. The molecule has 0 radical (unpaired) electrons. The molecule has 1 saturated heterocycles. The number of primary amides is 1. The number of aryl methyl sites for hydroxylation is 2. The van der Waals surface area contributed by atoms with Crippen LogP contribution in [0, 0.1) is 13.8 Å². The monoisotopic (exact) mass is 449 g/mol. The first-order valence-electron chi connectivity index (χ1n) is 8.14. The van der Waals surface area contributed by atoms with E-state index in [0.29, 0.717) is 25.7 Å². The Morgan fingerprint density at radius 2 is 2.08 bits per heavy atom. The summed E-state index contributed by atoms with van der Waals surface area (Å²) in [6, 6.07) is 1.98. The maximum Gasteiger partial charge on any atom is 0.314 e. The molecule has 0 spiro atoms. The first-order valence-corrected chi connectivity index (χ1v) is 8.14. The molecule has 0 aromatic carbocycles. The number of aliphatic imine (C=N–C) groups is 1. The van der Waals surface area contributed by atoms with Crippen LogP contribution in [0.1, 0.15) is 36.8 Å². The molecule has 1 aromatic rings. The van der Waals surface area contributed by atoms with Crippen LogP contribution in [0.15, 0.2) is 15.5 Å². The smallest absolute Gasteiger partial charge is 0.314 e. The molecule has 8 heteroatoms. The maximum atomic E-state index is 11.2. The van der Waals surface area contributed by atoms with Crippen molar-refractivity contribution < 1.29 is 9.21 Å². The van der Waals surface area contributed by atoms with E-state index in [1.807, 2.05) is 26.8 Å². The zero-order valence-corrected chi connectivity index (χ0v) is 16.9. The van der Waals surface area contributed by atoms with E-state index in [1.54, 1.807) is 4.90 Å². The van der Waals surface area contributed by atoms with Crippen molar-refractivity contribution >= 4 is 36.0 Å². The van der Waals surface area contributed by atoms with Crippen molar-refractivity contribution in [2.75, 3.05) is 19.6 Å². The number of halogens is 1. The number of urea groups is 1. The summed E-state index contributed by atoms with van der Waals surface area (Å²) >= 11 is 0. The van der Waals surface area contributed by atoms with Gasteiger partial charge in [0.25, 0.3) is 0 Å². The van der Waals surface area contributed by atoms with Gasteiger partial charge in [0.1, 0.15) is 11.5 Å². The predicted molar refractivity (Wildman–Crippen MR) is 106 cm³/mol. The predicted octanol–water partition coefficient (Wildman–Crippen LogP) is 2.11. The number of carbonyl (C=O) groups is 1. The molecule has 7 nitrogen and oxygen atoms in total. The summed E-state index contributed by atoms with van der Waals surface area (Å²) in [7, 11) is 0. The van der Waals surface area contributed by atoms with Gasteiger partial charge in [0, 0.05) is 31.2 Å². The Labute approximate surface area is 160 Å². The number of hydrogen-bond acceptors (Lipinski definition) is 3. The molecule has 0 aliphatic carbocycles. The van der Waals surface area contributed by atoms with Crippen molar-refractivity contribution in [1.29, 1.82) is 0 Å². The van der Waals surface area contributed by atoms with Gasteiger partial charge in [0.15, 0.2) is 5.96 Å². The molecule has 0 bridgehead atoms. The second kappa shape index (κ2) is 9.75. The number of furan rings is 1. The van der Waals surface area contributed by atoms with Crippen molar-refractivity contribution in [3.63, 3.8) is 0 Å². The zero-order chi connectivity index (χ0) is 16.8. The number of amides is 2. The highest BCUT2D eigenvalue weighted by Crippen LogP contribution is 2.14. The third kappa shape index (κ3) is 5.88. The van der Waals surface area contributed by atoms with Gasteiger partial charge in [-0.1, -0.05) is 0 Å². The zero-order valence-electron chi connectivity index (χ0n) is 14.6. The number of rotatable bonds is 4. The van der Waals surface area contributed by atoms with E-state index in [0.717, 1.165) is 42.4 Å². The Kier molecular flexibility index (Phi) is 8.37. The summed E-state index contributed by atoms with van der Waals surface area (Å²) in [5.41, 5.74) is 6.41. The van der Waals surface area contributed by atoms with Gasteiger partial charge in [-0.25, -0.2) is 9.79 Å². The van der Waals surface area contributed by atoms with Crippen molar-refractivity contribution in [2.45, 2.75) is 46.2 Å². The Morgan fingerprint density at radius 3 is 2.58 bits per heavy atom. The van der Waals surface area contributed by atoms with Crippen LogP contribution in [-0.2, 0) is 6.54 Å². The highest BCUT2D eigenvalue weighted by Gasteiger charge is 2.21. The first-order chi connectivity index (χ1) is 11.0. The molecule has 0 atom stereocenters. The molecule has 2 amide bonds. The number of nitrogens with zero attached hydrogens (tertiary/aromatic N) is 2. The van der Waals surface area contributed by atoms with E-state index in [2.05, 4.69) is 15.6 Å². The van der Waals surface area contributed by atoms with Crippen LogP contribution in [0.25, 0.3) is 0 Å². The van der Waals surface area contributed by atoms with Crippen LogP contribution >= 0.6 is 24.0 Å². The van der Waals surface area contributed by atoms with Crippen molar-refractivity contribution in [2.24, 2.45) is 10.7 Å². The number of nitrogens with two attached hydrogens (primary N) is 1. The minimum Gasteiger partial charge on any atom is -0.466 e. The Hall–Kier alpha value is -1.45. The highest BCUT2D eigenvalue weighted by atomic mass is 127. The molecule has 1 fully saturated rings. The Balaban J connectivity index is 0.00000288. The Morgan fingerprint density at radius 1 is 1.42 bits per heavy atom. The highest BCUT2D eigenvalue weighted by molar-refractivity contribution is 14.0. The van der Waals surface area contributed by atoms with Crippen LogP contribution in [0.5, 0.6) is 0 Å². The molecule has 1 aliphatic heterocycles. The average Bonchev–Trinajstić information content (AvgIpc) is 2.83. The largest absolute Gasteiger partial charge is 0.466 e. The molecule has 2 rings (SSSR count). The first kappa shape index (κ1) is 20.6. The molecule has 2 heterocycles. The van der Waals surface area contributed by atoms with Gasteiger partial charge >= 0.3 is 6.03 Å². The summed E-state index contributed by atoms with van der Waals surface area (Å²) < 4.78 is 5.53. The second-order valence-electron chi connectivity index (χ2n) is 5.88. The lowest BCUT2D eigenvalue weighted by molar-refractivity contribution is 0.188. The molecular formula is C16H28IN5O2. The van der Waals surface area contributed by atoms with E-state index >= 15 is 0 Å². The van der Waals surface area contributed by atoms with Crippen molar-refractivity contribution in [1.82, 2.24) is 15.5 Å². The molecular weight excluding hydrogens is 421 g/mol. The number of nitrogens with one attached hydrogen (secondary N) is 2. The van der Waals surface area contributed by atoms with Crippen LogP contribution < -0.4 is 16.4 Å². The maximum absolute atomic E-state index is 11.2. The van der Waals surface area contributed by atoms with Crippen LogP contribution in [0.4, 0.5) is 4.79 Å². The molecule has 4 N–H and O–H groups in total. The van der Waals surface area contributed by atoms with Gasteiger partial charge < -0.3 is 25.7 Å². The fourth-order valence-corrected chi connectivity index (χ4v) is 2.76. The molecule has 24 heavy (non-hydrogen) atoms. The molecule has 136 valence electrons. The number of hydrogen-bond donors (Lipinski definition) is 3. The van der Waals surface area contributed by atoms with Crippen molar-refractivity contribution in [3.8, 4) is 0 Å². The van der Waals surface area contributed by atoms with Crippen LogP contribution in [0.3, 0.4) is 0 Å². The number of piperidine rings is 1. The van der Waals surface area contributed by atoms with Gasteiger partial charge in [0.2, 0.25) is 0 Å². The van der Waals surface area contributed by atoms with Crippen molar-refractivity contribution in [3.05, 3.63) is 23.2 Å². The van der Waals surface area contributed by atoms with E-state index < -0.39 is 0 Å². The standard InChI is InChI=1S/C16H27N5O2.HI/c1-4-18-16(19-10-13-9-11(2)23-12(13)3)20-14-5-7-21(8-6-14)15(17)22;/h9,14H,4-8,10H2,1-3H3,(H2,17,22)(H2,18,19,20);1H. The summed E-state index contributed by atoms with van der Waals surface area (Å²) in [5, 5.41) is 6.71. The van der Waals surface area contributed by atoms with E-state index in [9.17, 15) is 4.79 Å². The normalized spacial score (nSPS) is 15.8. The van der Waals surface area contributed by atoms with Gasteiger partial charge in [-0.3, -0.25) is 0 Å². The topological polar surface area (TPSA) is 95.9 Å². The van der Waals surface area contributed by atoms with E-state index in [1.165, 1.54) is 0 Å². The SMILES string of the molecule is CCNC(=NCc1cc(C)oc1C)NC1CCN(C(N)=O)CC1.I.